The first-order chi connectivity index (χ1) is 11.5. The molecule has 0 bridgehead atoms. The summed E-state index contributed by atoms with van der Waals surface area (Å²) in [6.45, 7) is 5.99. The van der Waals surface area contributed by atoms with Gasteiger partial charge in [-0.3, -0.25) is 0 Å². The lowest BCUT2D eigenvalue weighted by Gasteiger charge is -2.32. The van der Waals surface area contributed by atoms with Crippen LogP contribution in [0, 0.1) is 5.82 Å². The van der Waals surface area contributed by atoms with Crippen LogP contribution in [0.2, 0.25) is 0 Å². The lowest BCUT2D eigenvalue weighted by atomic mass is 9.87. The van der Waals surface area contributed by atoms with Crippen molar-refractivity contribution in [1.29, 1.82) is 0 Å². The summed E-state index contributed by atoms with van der Waals surface area (Å²) in [5.41, 5.74) is 3.33. The highest BCUT2D eigenvalue weighted by atomic mass is 19.1. The second kappa shape index (κ2) is 5.49. The molecule has 2 aliphatic rings. The van der Waals surface area contributed by atoms with Crippen LogP contribution in [0.15, 0.2) is 42.5 Å². The lowest BCUT2D eigenvalue weighted by molar-refractivity contribution is 0.200. The van der Waals surface area contributed by atoms with Crippen LogP contribution in [-0.2, 0) is 5.41 Å². The van der Waals surface area contributed by atoms with E-state index in [-0.39, 0.29) is 23.4 Å². The normalized spacial score (nSPS) is 23.8. The van der Waals surface area contributed by atoms with Crippen LogP contribution in [0.5, 0.6) is 5.75 Å². The summed E-state index contributed by atoms with van der Waals surface area (Å²) in [5.74, 6) is 0.787. The number of nitrogens with zero attached hydrogens (tertiary/aromatic N) is 1. The topological polar surface area (TPSA) is 24.5 Å². The highest BCUT2D eigenvalue weighted by Crippen LogP contribution is 2.49. The molecule has 2 atom stereocenters. The third kappa shape index (κ3) is 2.28. The zero-order chi connectivity index (χ0) is 16.9. The molecular formula is C20H23FN2O. The van der Waals surface area contributed by atoms with Gasteiger partial charge in [0.05, 0.1) is 6.04 Å². The number of anilines is 1. The first-order valence-corrected chi connectivity index (χ1v) is 8.48. The minimum absolute atomic E-state index is 0.0409. The van der Waals surface area contributed by atoms with Crippen molar-refractivity contribution in [2.75, 3.05) is 25.0 Å². The number of benzene rings is 2. The molecule has 3 nitrogen and oxygen atoms in total. The number of rotatable bonds is 3. The summed E-state index contributed by atoms with van der Waals surface area (Å²) in [6, 6.07) is 13.5. The van der Waals surface area contributed by atoms with E-state index in [0.29, 0.717) is 0 Å². The Hall–Kier alpha value is -2.07. The van der Waals surface area contributed by atoms with Gasteiger partial charge in [-0.05, 0) is 36.9 Å². The minimum Gasteiger partial charge on any atom is -0.486 e. The fourth-order valence-corrected chi connectivity index (χ4v) is 4.13. The van der Waals surface area contributed by atoms with Crippen molar-refractivity contribution in [3.8, 4) is 5.75 Å². The Morgan fingerprint density at radius 1 is 1.25 bits per heavy atom. The quantitative estimate of drug-likeness (QED) is 0.932. The smallest absolute Gasteiger partial charge is 0.136 e. The standard InChI is InChI=1S/C20H23FN2O/c1-20(2)12-23(16-9-8-13(21)10-15(16)20)19-14-6-4-5-7-17(14)24-18(19)11-22-3/h4-10,18-19,22H,11-12H2,1-3H3. The van der Waals surface area contributed by atoms with Crippen molar-refractivity contribution in [2.24, 2.45) is 0 Å². The summed E-state index contributed by atoms with van der Waals surface area (Å²) in [7, 11) is 1.95. The monoisotopic (exact) mass is 326 g/mol. The van der Waals surface area contributed by atoms with Gasteiger partial charge >= 0.3 is 0 Å². The number of hydrogen-bond donors (Lipinski definition) is 1. The second-order valence-electron chi connectivity index (χ2n) is 7.37. The summed E-state index contributed by atoms with van der Waals surface area (Å²) < 4.78 is 20.0. The maximum absolute atomic E-state index is 13.8. The minimum atomic E-state index is -0.168. The lowest BCUT2D eigenvalue weighted by Crippen LogP contribution is -2.41. The van der Waals surface area contributed by atoms with E-state index in [0.717, 1.165) is 30.1 Å². The molecule has 0 fully saturated rings. The van der Waals surface area contributed by atoms with Gasteiger partial charge in [0.1, 0.15) is 17.7 Å². The highest BCUT2D eigenvalue weighted by Gasteiger charge is 2.45. The molecule has 1 N–H and O–H groups in total. The molecule has 4 rings (SSSR count). The van der Waals surface area contributed by atoms with Gasteiger partial charge in [0.25, 0.3) is 0 Å². The Balaban J connectivity index is 1.81. The van der Waals surface area contributed by atoms with Gasteiger partial charge in [-0.25, -0.2) is 4.39 Å². The number of halogens is 1. The first kappa shape index (κ1) is 15.5. The Morgan fingerprint density at radius 2 is 2.04 bits per heavy atom. The molecule has 0 saturated carbocycles. The summed E-state index contributed by atoms with van der Waals surface area (Å²) in [5, 5.41) is 3.24. The van der Waals surface area contributed by atoms with E-state index < -0.39 is 0 Å². The van der Waals surface area contributed by atoms with E-state index in [2.05, 4.69) is 36.2 Å². The molecule has 0 amide bonds. The SMILES string of the molecule is CNCC1Oc2ccccc2C1N1CC(C)(C)c2cc(F)ccc21. The predicted molar refractivity (Wildman–Crippen MR) is 94.3 cm³/mol. The molecule has 24 heavy (non-hydrogen) atoms. The van der Waals surface area contributed by atoms with Crippen LogP contribution >= 0.6 is 0 Å². The van der Waals surface area contributed by atoms with Crippen LogP contribution in [0.25, 0.3) is 0 Å². The molecule has 0 aromatic heterocycles. The number of para-hydroxylation sites is 1. The van der Waals surface area contributed by atoms with Gasteiger partial charge in [0.2, 0.25) is 0 Å². The van der Waals surface area contributed by atoms with Crippen molar-refractivity contribution >= 4 is 5.69 Å². The molecule has 0 radical (unpaired) electrons. The zero-order valence-electron chi connectivity index (χ0n) is 14.3. The third-order valence-electron chi connectivity index (χ3n) is 5.17. The molecule has 0 aliphatic carbocycles. The van der Waals surface area contributed by atoms with Crippen molar-refractivity contribution in [2.45, 2.75) is 31.4 Å². The average molecular weight is 326 g/mol. The maximum atomic E-state index is 13.8. The van der Waals surface area contributed by atoms with E-state index in [1.54, 1.807) is 12.1 Å². The van der Waals surface area contributed by atoms with Gasteiger partial charge in [-0.2, -0.15) is 0 Å². The average Bonchev–Trinajstić information content (AvgIpc) is 3.02. The van der Waals surface area contributed by atoms with E-state index >= 15 is 0 Å². The fourth-order valence-electron chi connectivity index (χ4n) is 4.13. The Morgan fingerprint density at radius 3 is 2.83 bits per heavy atom. The van der Waals surface area contributed by atoms with Crippen molar-refractivity contribution in [3.05, 3.63) is 59.4 Å². The summed E-state index contributed by atoms with van der Waals surface area (Å²) >= 11 is 0. The number of likely N-dealkylation sites (N-methyl/N-ethyl adjacent to an activating group) is 1. The molecular weight excluding hydrogens is 303 g/mol. The molecule has 2 aromatic carbocycles. The van der Waals surface area contributed by atoms with Crippen LogP contribution in [0.1, 0.15) is 31.0 Å². The van der Waals surface area contributed by atoms with Gasteiger partial charge in [-0.15, -0.1) is 0 Å². The van der Waals surface area contributed by atoms with E-state index in [1.165, 1.54) is 5.56 Å². The third-order valence-corrected chi connectivity index (χ3v) is 5.17. The van der Waals surface area contributed by atoms with Gasteiger partial charge in [0.15, 0.2) is 0 Å². The number of nitrogens with one attached hydrogen (secondary N) is 1. The Labute approximate surface area is 142 Å². The van der Waals surface area contributed by atoms with Gasteiger partial charge in [-0.1, -0.05) is 32.0 Å². The molecule has 2 aliphatic heterocycles. The van der Waals surface area contributed by atoms with Gasteiger partial charge < -0.3 is 15.0 Å². The van der Waals surface area contributed by atoms with Crippen LogP contribution in [0.3, 0.4) is 0 Å². The fraction of sp³-hybridized carbons (Fsp3) is 0.400. The van der Waals surface area contributed by atoms with Crippen LogP contribution in [-0.4, -0.2) is 26.2 Å². The van der Waals surface area contributed by atoms with Gasteiger partial charge in [0, 0.05) is 29.8 Å². The van der Waals surface area contributed by atoms with Crippen LogP contribution in [0.4, 0.5) is 10.1 Å². The van der Waals surface area contributed by atoms with Crippen molar-refractivity contribution in [1.82, 2.24) is 5.32 Å². The van der Waals surface area contributed by atoms with Crippen LogP contribution < -0.4 is 15.0 Å². The Kier molecular flexibility index (Phi) is 3.53. The van der Waals surface area contributed by atoms with E-state index in [9.17, 15) is 4.39 Å². The largest absolute Gasteiger partial charge is 0.486 e. The molecule has 2 heterocycles. The number of fused-ring (bicyclic) bond motifs is 2. The molecule has 2 aromatic rings. The predicted octanol–water partition coefficient (Wildman–Crippen LogP) is 3.65. The zero-order valence-corrected chi connectivity index (χ0v) is 14.3. The summed E-state index contributed by atoms with van der Waals surface area (Å²) in [6.07, 6.45) is 0.0409. The highest BCUT2D eigenvalue weighted by molar-refractivity contribution is 5.65. The number of hydrogen-bond acceptors (Lipinski definition) is 3. The maximum Gasteiger partial charge on any atom is 0.136 e. The second-order valence-corrected chi connectivity index (χ2v) is 7.37. The van der Waals surface area contributed by atoms with E-state index in [4.69, 9.17) is 4.74 Å². The van der Waals surface area contributed by atoms with Crippen molar-refractivity contribution < 1.29 is 9.13 Å². The molecule has 0 spiro atoms. The molecule has 4 heteroatoms. The molecule has 2 unspecified atom stereocenters. The summed E-state index contributed by atoms with van der Waals surface area (Å²) in [4.78, 5) is 2.39. The number of ether oxygens (including phenoxy) is 1. The van der Waals surface area contributed by atoms with Crippen molar-refractivity contribution in [3.63, 3.8) is 0 Å². The first-order valence-electron chi connectivity index (χ1n) is 8.48. The Bertz CT molecular complexity index is 774. The van der Waals surface area contributed by atoms with E-state index in [1.807, 2.05) is 25.2 Å². The molecule has 126 valence electrons. The molecule has 0 saturated heterocycles.